The first-order chi connectivity index (χ1) is 12.0. The van der Waals surface area contributed by atoms with Crippen LogP contribution in [0.3, 0.4) is 0 Å². The summed E-state index contributed by atoms with van der Waals surface area (Å²) in [6.45, 7) is 2.48. The fraction of sp³-hybridized carbons (Fsp3) is 0.412. The highest BCUT2D eigenvalue weighted by Gasteiger charge is 2.28. The van der Waals surface area contributed by atoms with Gasteiger partial charge in [0.25, 0.3) is 5.91 Å². The van der Waals surface area contributed by atoms with E-state index in [2.05, 4.69) is 15.2 Å². The van der Waals surface area contributed by atoms with Crippen molar-refractivity contribution in [2.24, 2.45) is 0 Å². The third-order valence-electron chi connectivity index (χ3n) is 4.01. The van der Waals surface area contributed by atoms with Crippen LogP contribution in [0.5, 0.6) is 0 Å². The van der Waals surface area contributed by atoms with Gasteiger partial charge in [-0.2, -0.15) is 0 Å². The Morgan fingerprint density at radius 2 is 1.96 bits per heavy atom. The molecule has 25 heavy (non-hydrogen) atoms. The highest BCUT2D eigenvalue weighted by atomic mass is 32.2. The SMILES string of the molecule is Cc1ccc(S(=O)(=O)NCCCNC(=O)c2cc(C3CC3)no2)cc1. The molecule has 0 spiro atoms. The molecule has 0 radical (unpaired) electrons. The molecule has 1 aromatic heterocycles. The van der Waals surface area contributed by atoms with Crippen molar-refractivity contribution >= 4 is 15.9 Å². The number of benzene rings is 1. The number of carbonyl (C=O) groups is 1. The summed E-state index contributed by atoms with van der Waals surface area (Å²) in [5, 5.41) is 6.59. The highest BCUT2D eigenvalue weighted by Crippen LogP contribution is 2.39. The van der Waals surface area contributed by atoms with Gasteiger partial charge in [-0.3, -0.25) is 4.79 Å². The Balaban J connectivity index is 1.40. The first-order valence-corrected chi connectivity index (χ1v) is 9.75. The van der Waals surface area contributed by atoms with Crippen molar-refractivity contribution in [3.63, 3.8) is 0 Å². The van der Waals surface area contributed by atoms with Gasteiger partial charge in [-0.1, -0.05) is 22.9 Å². The molecule has 3 rings (SSSR count). The summed E-state index contributed by atoms with van der Waals surface area (Å²) in [6.07, 6.45) is 2.66. The zero-order chi connectivity index (χ0) is 17.9. The van der Waals surface area contributed by atoms with Gasteiger partial charge in [-0.05, 0) is 38.3 Å². The molecule has 1 amide bonds. The first kappa shape index (κ1) is 17.6. The molecule has 2 aromatic rings. The Bertz CT molecular complexity index is 839. The van der Waals surface area contributed by atoms with Crippen LogP contribution < -0.4 is 10.0 Å². The summed E-state index contributed by atoms with van der Waals surface area (Å²) in [5.74, 6) is 0.296. The van der Waals surface area contributed by atoms with E-state index in [0.717, 1.165) is 24.1 Å². The molecule has 134 valence electrons. The van der Waals surface area contributed by atoms with Crippen molar-refractivity contribution in [3.8, 4) is 0 Å². The Morgan fingerprint density at radius 3 is 2.64 bits per heavy atom. The third kappa shape index (κ3) is 4.67. The van der Waals surface area contributed by atoms with E-state index in [1.165, 1.54) is 0 Å². The first-order valence-electron chi connectivity index (χ1n) is 8.27. The van der Waals surface area contributed by atoms with Crippen LogP contribution in [0.25, 0.3) is 0 Å². The summed E-state index contributed by atoms with van der Waals surface area (Å²) >= 11 is 0. The topological polar surface area (TPSA) is 101 Å². The second-order valence-electron chi connectivity index (χ2n) is 6.21. The number of rotatable bonds is 8. The van der Waals surface area contributed by atoms with Crippen LogP contribution in [-0.2, 0) is 10.0 Å². The van der Waals surface area contributed by atoms with Crippen molar-refractivity contribution in [1.82, 2.24) is 15.2 Å². The molecular weight excluding hydrogens is 342 g/mol. The van der Waals surface area contributed by atoms with E-state index in [1.807, 2.05) is 6.92 Å². The van der Waals surface area contributed by atoms with Gasteiger partial charge in [-0.25, -0.2) is 13.1 Å². The van der Waals surface area contributed by atoms with Gasteiger partial charge >= 0.3 is 0 Å². The molecule has 1 heterocycles. The molecule has 1 fully saturated rings. The molecular formula is C17H21N3O4S. The van der Waals surface area contributed by atoms with Crippen LogP contribution in [0.15, 0.2) is 39.8 Å². The molecule has 7 nitrogen and oxygen atoms in total. The van der Waals surface area contributed by atoms with E-state index in [4.69, 9.17) is 4.52 Å². The maximum atomic E-state index is 12.1. The molecule has 1 saturated carbocycles. The molecule has 0 saturated heterocycles. The number of hydrogen-bond acceptors (Lipinski definition) is 5. The average molecular weight is 363 g/mol. The summed E-state index contributed by atoms with van der Waals surface area (Å²) in [7, 11) is -3.52. The lowest BCUT2D eigenvalue weighted by Gasteiger charge is -2.07. The van der Waals surface area contributed by atoms with Crippen LogP contribution in [0.1, 0.15) is 47.0 Å². The number of sulfonamides is 1. The van der Waals surface area contributed by atoms with Gasteiger partial charge in [0.2, 0.25) is 15.8 Å². The highest BCUT2D eigenvalue weighted by molar-refractivity contribution is 7.89. The molecule has 1 aromatic carbocycles. The Kier molecular flexibility index (Phi) is 5.19. The normalized spacial score (nSPS) is 14.4. The van der Waals surface area contributed by atoms with Gasteiger partial charge in [-0.15, -0.1) is 0 Å². The Labute approximate surface area is 146 Å². The van der Waals surface area contributed by atoms with Gasteiger partial charge in [0, 0.05) is 25.1 Å². The van der Waals surface area contributed by atoms with Crippen molar-refractivity contribution in [2.45, 2.75) is 37.0 Å². The number of carbonyl (C=O) groups excluding carboxylic acids is 1. The van der Waals surface area contributed by atoms with E-state index in [-0.39, 0.29) is 23.1 Å². The maximum Gasteiger partial charge on any atom is 0.289 e. The fourth-order valence-corrected chi connectivity index (χ4v) is 3.43. The molecule has 0 atom stereocenters. The standard InChI is InChI=1S/C17H21N3O4S/c1-12-3-7-14(8-4-12)25(22,23)19-10-2-9-18-17(21)16-11-15(20-24-16)13-5-6-13/h3-4,7-8,11,13,19H,2,5-6,9-10H2,1H3,(H,18,21). The largest absolute Gasteiger partial charge is 0.351 e. The molecule has 0 bridgehead atoms. The lowest BCUT2D eigenvalue weighted by atomic mass is 10.2. The van der Waals surface area contributed by atoms with Crippen LogP contribution >= 0.6 is 0 Å². The average Bonchev–Trinajstić information content (AvgIpc) is 3.31. The third-order valence-corrected chi connectivity index (χ3v) is 5.49. The lowest BCUT2D eigenvalue weighted by molar-refractivity contribution is 0.0916. The molecule has 1 aliphatic carbocycles. The monoisotopic (exact) mass is 363 g/mol. The molecule has 1 aliphatic rings. The van der Waals surface area contributed by atoms with Crippen LogP contribution in [0.2, 0.25) is 0 Å². The van der Waals surface area contributed by atoms with Gasteiger partial charge in [0.1, 0.15) is 0 Å². The van der Waals surface area contributed by atoms with E-state index < -0.39 is 10.0 Å². The predicted molar refractivity (Wildman–Crippen MR) is 91.8 cm³/mol. The number of aryl methyl sites for hydroxylation is 1. The molecule has 2 N–H and O–H groups in total. The van der Waals surface area contributed by atoms with Crippen molar-refractivity contribution < 1.29 is 17.7 Å². The smallest absolute Gasteiger partial charge is 0.289 e. The van der Waals surface area contributed by atoms with Crippen LogP contribution in [0.4, 0.5) is 0 Å². The summed E-state index contributed by atoms with van der Waals surface area (Å²) in [5.41, 5.74) is 1.83. The Morgan fingerprint density at radius 1 is 1.24 bits per heavy atom. The number of nitrogens with zero attached hydrogens (tertiary/aromatic N) is 1. The molecule has 8 heteroatoms. The summed E-state index contributed by atoms with van der Waals surface area (Å²) in [4.78, 5) is 12.2. The minimum atomic E-state index is -3.52. The molecule has 0 unspecified atom stereocenters. The number of nitrogens with one attached hydrogen (secondary N) is 2. The second-order valence-corrected chi connectivity index (χ2v) is 7.98. The number of amides is 1. The van der Waals surface area contributed by atoms with Gasteiger partial charge in [0.05, 0.1) is 10.6 Å². The minimum absolute atomic E-state index is 0.196. The van der Waals surface area contributed by atoms with Gasteiger partial charge in [0.15, 0.2) is 0 Å². The van der Waals surface area contributed by atoms with Crippen molar-refractivity contribution in [2.75, 3.05) is 13.1 Å². The lowest BCUT2D eigenvalue weighted by Crippen LogP contribution is -2.29. The fourth-order valence-electron chi connectivity index (χ4n) is 2.35. The van der Waals surface area contributed by atoms with Crippen molar-refractivity contribution in [3.05, 3.63) is 47.3 Å². The molecule has 0 aliphatic heterocycles. The van der Waals surface area contributed by atoms with Gasteiger partial charge < -0.3 is 9.84 Å². The number of aromatic nitrogens is 1. The zero-order valence-corrected chi connectivity index (χ0v) is 14.8. The van der Waals surface area contributed by atoms with E-state index in [1.54, 1.807) is 30.3 Å². The summed E-state index contributed by atoms with van der Waals surface area (Å²) < 4.78 is 31.8. The van der Waals surface area contributed by atoms with Crippen LogP contribution in [0, 0.1) is 6.92 Å². The van der Waals surface area contributed by atoms with Crippen LogP contribution in [-0.4, -0.2) is 32.6 Å². The van der Waals surface area contributed by atoms with E-state index >= 15 is 0 Å². The number of hydrogen-bond donors (Lipinski definition) is 2. The maximum absolute atomic E-state index is 12.1. The minimum Gasteiger partial charge on any atom is -0.351 e. The Hall–Kier alpha value is -2.19. The van der Waals surface area contributed by atoms with Crippen molar-refractivity contribution in [1.29, 1.82) is 0 Å². The quantitative estimate of drug-likeness (QED) is 0.698. The van der Waals surface area contributed by atoms with E-state index in [0.29, 0.717) is 18.9 Å². The zero-order valence-electron chi connectivity index (χ0n) is 14.0. The second kappa shape index (κ2) is 7.37. The summed E-state index contributed by atoms with van der Waals surface area (Å²) in [6, 6.07) is 8.32. The van der Waals surface area contributed by atoms with E-state index in [9.17, 15) is 13.2 Å². The predicted octanol–water partition coefficient (Wildman–Crippen LogP) is 1.96.